The minimum Gasteiger partial charge on any atom is -0.780 e. The van der Waals surface area contributed by atoms with Gasteiger partial charge in [0, 0.05) is 7.11 Å². The number of aromatic amines is 2. The molecule has 0 bridgehead atoms. The third-order valence-electron chi connectivity index (χ3n) is 11.4. The lowest BCUT2D eigenvalue weighted by molar-refractivity contribution is -0.745. The highest BCUT2D eigenvalue weighted by atomic mass is 32.5. The van der Waals surface area contributed by atoms with Crippen LogP contribution in [-0.4, -0.2) is 171 Å². The number of phosphoric acid groups is 2. The van der Waals surface area contributed by atoms with Gasteiger partial charge in [-0.3, -0.25) is 42.3 Å². The molecule has 9 rings (SSSR count). The fraction of sp³-hybridized carbons (Fsp3) is 0.531. The van der Waals surface area contributed by atoms with Crippen LogP contribution in [0.15, 0.2) is 41.1 Å². The highest BCUT2D eigenvalue weighted by molar-refractivity contribution is 8.09. The van der Waals surface area contributed by atoms with Gasteiger partial charge in [-0.25, -0.2) is 42.3 Å². The van der Waals surface area contributed by atoms with Crippen molar-refractivity contribution in [1.29, 1.82) is 0 Å². The first-order valence-electron chi connectivity index (χ1n) is 20.9. The van der Waals surface area contributed by atoms with Crippen molar-refractivity contribution in [2.45, 2.75) is 73.6 Å². The maximum absolute atomic E-state index is 13.9. The number of nitrogens with two attached hydrogens (primary N) is 2. The van der Waals surface area contributed by atoms with E-state index in [1.807, 2.05) is 0 Å². The standard InChI is InChI=1S/C32H42N14O22P4S2/c1-43-10-46(25-16(43)27(52)42-32(34)40-25)29-20(50)17(47)12(64-29)4-60-69(53,54)67-72(58,74)68-70(55,56)61-6-14-21(22(59-2)30(65-14)44-8-37-11-3-35-7-36-23(11)44)66-71(57,73)62-5-13-18(48)19(49)28(63-13)45-9-38-15-24(45)39-31(33)41-26(15)51/h3,7-10,12-14,17-22,28-30,47-50H,4-6H2,1-2H3,(H9-,33,34,39,40,41,42,51,52,53,54,55,56,57,58,73,74). The fourth-order valence-corrected chi connectivity index (χ4v) is 14.7. The smallest absolute Gasteiger partial charge is 0.479 e. The quantitative estimate of drug-likeness (QED) is 0.0268. The predicted molar refractivity (Wildman–Crippen MR) is 246 cm³/mol. The topological polar surface area (TPSA) is 505 Å². The summed E-state index contributed by atoms with van der Waals surface area (Å²) in [5.74, 6) is -0.565. The summed E-state index contributed by atoms with van der Waals surface area (Å²) < 4.78 is 84.7. The lowest BCUT2D eigenvalue weighted by atomic mass is 10.1. The summed E-state index contributed by atoms with van der Waals surface area (Å²) in [4.78, 5) is 99.5. The van der Waals surface area contributed by atoms with Gasteiger partial charge in [0.1, 0.15) is 73.5 Å². The molecule has 3 fully saturated rings. The first kappa shape index (κ1) is 54.7. The van der Waals surface area contributed by atoms with Gasteiger partial charge in [0.15, 0.2) is 35.6 Å². The molecule has 16 atom stereocenters. The highest BCUT2D eigenvalue weighted by Gasteiger charge is 2.52. The molecule has 3 aliphatic rings. The number of nitrogens with one attached hydrogen (secondary N) is 2. The number of hydrogen-bond donors (Lipinski definition) is 11. The van der Waals surface area contributed by atoms with E-state index in [0.29, 0.717) is 0 Å². The van der Waals surface area contributed by atoms with Crippen LogP contribution in [-0.2, 0) is 85.5 Å². The summed E-state index contributed by atoms with van der Waals surface area (Å²) in [7, 11) is -8.65. The van der Waals surface area contributed by atoms with Crippen molar-refractivity contribution >= 4 is 98.1 Å². The van der Waals surface area contributed by atoms with Crippen LogP contribution in [0.1, 0.15) is 18.7 Å². The Balaban J connectivity index is 0.854. The highest BCUT2D eigenvalue weighted by Crippen LogP contribution is 2.68. The van der Waals surface area contributed by atoms with Crippen LogP contribution < -0.4 is 32.0 Å². The van der Waals surface area contributed by atoms with Crippen molar-refractivity contribution in [1.82, 2.24) is 53.6 Å². The molecule has 0 saturated carbocycles. The van der Waals surface area contributed by atoms with E-state index in [1.54, 1.807) is 0 Å². The van der Waals surface area contributed by atoms with Crippen molar-refractivity contribution in [3.8, 4) is 0 Å². The van der Waals surface area contributed by atoms with Crippen LogP contribution >= 0.6 is 29.1 Å². The largest absolute Gasteiger partial charge is 0.780 e. The Labute approximate surface area is 421 Å². The van der Waals surface area contributed by atoms with Gasteiger partial charge in [-0.15, -0.1) is 0 Å². The molecular formula is C32H42N14O22P4S2. The molecule has 0 spiro atoms. The maximum Gasteiger partial charge on any atom is 0.479 e. The molecular weight excluding hydrogens is 1120 g/mol. The van der Waals surface area contributed by atoms with E-state index in [-0.39, 0.29) is 45.4 Å². The molecule has 0 radical (unpaired) electrons. The van der Waals surface area contributed by atoms with Crippen molar-refractivity contribution in [2.75, 3.05) is 38.4 Å². The second-order valence-corrected chi connectivity index (χ2v) is 25.0. The second-order valence-electron chi connectivity index (χ2n) is 16.2. The number of rotatable bonds is 19. The Morgan fingerprint density at radius 3 is 2.08 bits per heavy atom. The van der Waals surface area contributed by atoms with Crippen molar-refractivity contribution in [3.05, 3.63) is 52.2 Å². The molecule has 36 nitrogen and oxygen atoms in total. The number of phosphoric ester groups is 2. The molecule has 16 unspecified atom stereocenters. The number of nitrogen functional groups attached to an aromatic ring is 2. The van der Waals surface area contributed by atoms with Crippen LogP contribution in [0.2, 0.25) is 0 Å². The first-order valence-corrected chi connectivity index (χ1v) is 29.1. The van der Waals surface area contributed by atoms with E-state index < -0.39 is 134 Å². The number of ether oxygens (including phenoxy) is 4. The van der Waals surface area contributed by atoms with Crippen LogP contribution in [0.4, 0.5) is 11.9 Å². The van der Waals surface area contributed by atoms with Gasteiger partial charge in [0.05, 0.1) is 45.7 Å². The number of methoxy groups -OCH3 is 1. The number of fused-ring (bicyclic) bond motifs is 3. The minimum absolute atomic E-state index is 0.00856. The van der Waals surface area contributed by atoms with Gasteiger partial charge >= 0.3 is 28.0 Å². The number of imidazole rings is 3. The lowest BCUT2D eigenvalue weighted by Gasteiger charge is -2.34. The Kier molecular flexibility index (Phi) is 15.3. The normalized spacial score (nSPS) is 30.7. The SMILES string of the molecule is COC1C(OP([O-])(=S)OCC2OC(n3cnc4c(=O)[nH]c(N)nc43)C(O)C2O)C(COP(=O)(O)OP(O)(=S)OP(=O)(O)OCC2OC([n+]3cn(C)c4c(=O)[nH]c(N)nc43)C(O)C2O)OC1n1cnc2cncnc21. The van der Waals surface area contributed by atoms with Gasteiger partial charge in [0.25, 0.3) is 17.1 Å². The first-order chi connectivity index (χ1) is 34.8. The van der Waals surface area contributed by atoms with Crippen LogP contribution in [0.5, 0.6) is 0 Å². The number of aryl methyl sites for hydroxylation is 1. The van der Waals surface area contributed by atoms with Crippen LogP contribution in [0, 0.1) is 0 Å². The average molecular weight is 1160 g/mol. The minimum atomic E-state index is -5.70. The molecule has 0 aromatic carbocycles. The Hall–Kier alpha value is -4.11. The van der Waals surface area contributed by atoms with Gasteiger partial charge in [-0.2, -0.15) is 4.98 Å². The Bertz CT molecular complexity index is 3420. The van der Waals surface area contributed by atoms with Crippen molar-refractivity contribution in [3.63, 3.8) is 0 Å². The molecule has 74 heavy (non-hydrogen) atoms. The summed E-state index contributed by atoms with van der Waals surface area (Å²) in [6.45, 7) is -13.1. The summed E-state index contributed by atoms with van der Waals surface area (Å²) in [6.07, 6.45) is -12.7. The van der Waals surface area contributed by atoms with Crippen LogP contribution in [0.3, 0.4) is 0 Å². The molecule has 13 N–H and O–H groups in total. The number of H-pyrrole nitrogens is 2. The molecule has 0 aliphatic carbocycles. The number of anilines is 2. The third kappa shape index (κ3) is 11.0. The molecule has 42 heteroatoms. The number of aliphatic hydroxyl groups excluding tert-OH is 4. The molecule has 404 valence electrons. The number of aromatic nitrogens is 12. The zero-order chi connectivity index (χ0) is 53.4. The fourth-order valence-electron chi connectivity index (χ4n) is 8.20. The van der Waals surface area contributed by atoms with E-state index >= 15 is 0 Å². The van der Waals surface area contributed by atoms with Gasteiger partial charge < -0.3 is 79.5 Å². The van der Waals surface area contributed by atoms with Gasteiger partial charge in [0.2, 0.25) is 17.7 Å². The zero-order valence-corrected chi connectivity index (χ0v) is 42.6. The average Bonchev–Trinajstić information content (AvgIpc) is 4.16. The zero-order valence-electron chi connectivity index (χ0n) is 37.4. The summed E-state index contributed by atoms with van der Waals surface area (Å²) in [5, 5.41) is 43.3. The molecule has 6 aromatic rings. The summed E-state index contributed by atoms with van der Waals surface area (Å²) in [6, 6.07) is 0. The van der Waals surface area contributed by atoms with E-state index in [0.717, 1.165) is 15.5 Å². The summed E-state index contributed by atoms with van der Waals surface area (Å²) in [5.41, 5.74) is 10.1. The Morgan fingerprint density at radius 2 is 1.38 bits per heavy atom. The van der Waals surface area contributed by atoms with Gasteiger partial charge in [-0.05, 0) is 11.8 Å². The maximum atomic E-state index is 13.9. The third-order valence-corrected chi connectivity index (χ3v) is 18.4. The molecule has 9 heterocycles. The second kappa shape index (κ2) is 20.7. The molecule has 6 aromatic heterocycles. The van der Waals surface area contributed by atoms with Gasteiger partial charge in [-0.1, -0.05) is 16.8 Å². The van der Waals surface area contributed by atoms with E-state index in [2.05, 4.69) is 48.5 Å². The number of hydrogen-bond acceptors (Lipinski definition) is 29. The van der Waals surface area contributed by atoms with Crippen LogP contribution in [0.25, 0.3) is 33.5 Å². The predicted octanol–water partition coefficient (Wildman–Crippen LogP) is -4.69. The van der Waals surface area contributed by atoms with E-state index in [4.69, 9.17) is 72.1 Å². The molecule has 3 aliphatic heterocycles. The number of aliphatic hydroxyl groups is 4. The number of nitrogens with zero attached hydrogens (tertiary/aromatic N) is 10. The molecule has 3 saturated heterocycles. The Morgan fingerprint density at radius 1 is 0.784 bits per heavy atom. The summed E-state index contributed by atoms with van der Waals surface area (Å²) >= 11 is 9.92. The van der Waals surface area contributed by atoms with E-state index in [1.165, 1.54) is 48.5 Å². The van der Waals surface area contributed by atoms with E-state index in [9.17, 15) is 58.7 Å². The van der Waals surface area contributed by atoms with Crippen molar-refractivity contribution < 1.29 is 99.4 Å². The molecule has 0 amide bonds. The lowest BCUT2D eigenvalue weighted by Crippen LogP contribution is -2.46. The monoisotopic (exact) mass is 1160 g/mol. The van der Waals surface area contributed by atoms with Crippen molar-refractivity contribution in [2.24, 2.45) is 7.05 Å².